The molecule has 1 saturated carbocycles. The third kappa shape index (κ3) is 4.47. The number of hydrogen-bond acceptors (Lipinski definition) is 4. The molecule has 1 aliphatic heterocycles. The molecule has 4 amide bonds. The van der Waals surface area contributed by atoms with Gasteiger partial charge in [-0.15, -0.1) is 12.4 Å². The molecule has 1 aliphatic carbocycles. The van der Waals surface area contributed by atoms with E-state index in [1.54, 1.807) is 6.92 Å². The monoisotopic (exact) mass is 408 g/mol. The minimum Gasteiger partial charge on any atom is -0.352 e. The molecule has 1 saturated heterocycles. The Balaban J connectivity index is 0.00000280. The zero-order valence-corrected chi connectivity index (χ0v) is 17.0. The number of amides is 4. The minimum absolute atomic E-state index is 0. The maximum atomic E-state index is 13.0. The molecular weight excluding hydrogens is 380 g/mol. The number of carbonyl (C=O) groups excluding carboxylic acids is 3. The molecule has 1 aromatic rings. The first-order valence-electron chi connectivity index (χ1n) is 9.65. The number of imide groups is 1. The van der Waals surface area contributed by atoms with Crippen molar-refractivity contribution in [2.24, 2.45) is 11.7 Å². The van der Waals surface area contributed by atoms with Crippen LogP contribution in [0.2, 0.25) is 0 Å². The molecule has 4 N–H and O–H groups in total. The van der Waals surface area contributed by atoms with Crippen molar-refractivity contribution in [3.8, 4) is 0 Å². The van der Waals surface area contributed by atoms with Crippen molar-refractivity contribution < 1.29 is 14.4 Å². The molecule has 1 spiro atoms. The van der Waals surface area contributed by atoms with Gasteiger partial charge < -0.3 is 16.4 Å². The molecule has 154 valence electrons. The lowest BCUT2D eigenvalue weighted by molar-refractivity contribution is -0.132. The molecule has 8 heteroatoms. The van der Waals surface area contributed by atoms with Gasteiger partial charge in [0, 0.05) is 19.0 Å². The molecule has 28 heavy (non-hydrogen) atoms. The van der Waals surface area contributed by atoms with Crippen LogP contribution in [0.4, 0.5) is 4.79 Å². The first-order chi connectivity index (χ1) is 13.0. The molecule has 7 nitrogen and oxygen atoms in total. The van der Waals surface area contributed by atoms with Crippen LogP contribution in [0, 0.1) is 5.92 Å². The highest BCUT2D eigenvalue weighted by Crippen LogP contribution is 2.34. The Hall–Kier alpha value is -2.12. The van der Waals surface area contributed by atoms with E-state index in [2.05, 4.69) is 10.6 Å². The number of nitrogens with one attached hydrogen (secondary N) is 2. The molecule has 1 aromatic carbocycles. The Bertz CT molecular complexity index is 734. The first kappa shape index (κ1) is 22.2. The van der Waals surface area contributed by atoms with Crippen LogP contribution < -0.4 is 16.4 Å². The van der Waals surface area contributed by atoms with Crippen molar-refractivity contribution in [2.45, 2.75) is 57.7 Å². The highest BCUT2D eigenvalue weighted by Gasteiger charge is 2.51. The molecule has 0 radical (unpaired) electrons. The summed E-state index contributed by atoms with van der Waals surface area (Å²) in [6.45, 7) is 2.62. The van der Waals surface area contributed by atoms with E-state index in [0.29, 0.717) is 19.4 Å². The number of nitrogens with two attached hydrogens (primary N) is 1. The van der Waals surface area contributed by atoms with Gasteiger partial charge >= 0.3 is 6.03 Å². The largest absolute Gasteiger partial charge is 0.352 e. The van der Waals surface area contributed by atoms with E-state index in [1.165, 1.54) is 4.90 Å². The molecule has 1 heterocycles. The van der Waals surface area contributed by atoms with Gasteiger partial charge in [0.25, 0.3) is 5.91 Å². The average Bonchev–Trinajstić information content (AvgIpc) is 2.90. The summed E-state index contributed by atoms with van der Waals surface area (Å²) in [5, 5.41) is 5.81. The Morgan fingerprint density at radius 1 is 1.21 bits per heavy atom. The lowest BCUT2D eigenvalue weighted by atomic mass is 9.81. The van der Waals surface area contributed by atoms with E-state index >= 15 is 0 Å². The third-order valence-corrected chi connectivity index (χ3v) is 5.65. The van der Waals surface area contributed by atoms with Crippen molar-refractivity contribution in [1.82, 2.24) is 15.5 Å². The maximum Gasteiger partial charge on any atom is 0.325 e. The van der Waals surface area contributed by atoms with Crippen LogP contribution in [0.5, 0.6) is 0 Å². The van der Waals surface area contributed by atoms with E-state index < -0.39 is 5.54 Å². The van der Waals surface area contributed by atoms with Gasteiger partial charge in [-0.3, -0.25) is 14.5 Å². The molecule has 3 rings (SSSR count). The summed E-state index contributed by atoms with van der Waals surface area (Å²) in [7, 11) is 0. The Morgan fingerprint density at radius 3 is 2.50 bits per heavy atom. The quantitative estimate of drug-likeness (QED) is 0.626. The lowest BCUT2D eigenvalue weighted by Crippen LogP contribution is -2.48. The van der Waals surface area contributed by atoms with Crippen LogP contribution in [-0.4, -0.2) is 34.8 Å². The van der Waals surface area contributed by atoms with Crippen LogP contribution >= 0.6 is 12.4 Å². The highest BCUT2D eigenvalue weighted by molar-refractivity contribution is 6.07. The zero-order chi connectivity index (χ0) is 19.4. The fraction of sp³-hybridized carbons (Fsp3) is 0.550. The van der Waals surface area contributed by atoms with Crippen molar-refractivity contribution in [1.29, 1.82) is 0 Å². The second-order valence-corrected chi connectivity index (χ2v) is 7.59. The number of urea groups is 1. The fourth-order valence-electron chi connectivity index (χ4n) is 3.83. The summed E-state index contributed by atoms with van der Waals surface area (Å²) in [4.78, 5) is 38.7. The summed E-state index contributed by atoms with van der Waals surface area (Å²) in [5.74, 6) is -0.486. The Morgan fingerprint density at radius 2 is 1.86 bits per heavy atom. The van der Waals surface area contributed by atoms with Crippen LogP contribution in [0.15, 0.2) is 24.3 Å². The van der Waals surface area contributed by atoms with Gasteiger partial charge in [0.2, 0.25) is 5.91 Å². The van der Waals surface area contributed by atoms with Crippen LogP contribution in [0.3, 0.4) is 0 Å². The van der Waals surface area contributed by atoms with E-state index in [1.807, 2.05) is 24.3 Å². The number of carbonyl (C=O) groups is 3. The van der Waals surface area contributed by atoms with Gasteiger partial charge in [-0.2, -0.15) is 0 Å². The average molecular weight is 409 g/mol. The number of nitrogens with zero attached hydrogens (tertiary/aromatic N) is 1. The minimum atomic E-state index is -0.713. The molecule has 2 aliphatic rings. The second kappa shape index (κ2) is 9.39. The van der Waals surface area contributed by atoms with Gasteiger partial charge in [0.05, 0.1) is 6.54 Å². The smallest absolute Gasteiger partial charge is 0.325 e. The summed E-state index contributed by atoms with van der Waals surface area (Å²) in [6.07, 6.45) is 4.45. The molecule has 0 bridgehead atoms. The van der Waals surface area contributed by atoms with Gasteiger partial charge in [0.15, 0.2) is 0 Å². The van der Waals surface area contributed by atoms with E-state index in [0.717, 1.165) is 30.4 Å². The normalized spacial score (nSPS) is 19.1. The Labute approximate surface area is 171 Å². The highest BCUT2D eigenvalue weighted by atomic mass is 35.5. The number of halogens is 1. The standard InChI is InChI=1S/C20H28N4O3.ClH/c1-14(11-21)17(25)22-12-15-7-3-4-8-16(15)13-24-18(26)20(23-19(24)27)9-5-2-6-10-20;/h3-4,7-8,14H,2,5-6,9-13,21H2,1H3,(H,22,25)(H,23,27);1H. The van der Waals surface area contributed by atoms with Gasteiger partial charge in [0.1, 0.15) is 5.54 Å². The predicted octanol–water partition coefficient (Wildman–Crippen LogP) is 2.07. The van der Waals surface area contributed by atoms with Crippen LogP contribution in [-0.2, 0) is 22.7 Å². The topological polar surface area (TPSA) is 105 Å². The SMILES string of the molecule is CC(CN)C(=O)NCc1ccccc1CN1C(=O)NC2(CCCCC2)C1=O.Cl. The van der Waals surface area contributed by atoms with E-state index in [4.69, 9.17) is 5.73 Å². The lowest BCUT2D eigenvalue weighted by Gasteiger charge is -2.30. The summed E-state index contributed by atoms with van der Waals surface area (Å²) in [6, 6.07) is 7.22. The van der Waals surface area contributed by atoms with Crippen molar-refractivity contribution in [3.63, 3.8) is 0 Å². The molecule has 0 aromatic heterocycles. The summed E-state index contributed by atoms with van der Waals surface area (Å²) >= 11 is 0. The van der Waals surface area contributed by atoms with Gasteiger partial charge in [-0.1, -0.05) is 50.5 Å². The maximum absolute atomic E-state index is 13.0. The number of rotatable bonds is 6. The predicted molar refractivity (Wildman–Crippen MR) is 109 cm³/mol. The first-order valence-corrected chi connectivity index (χ1v) is 9.65. The molecule has 2 fully saturated rings. The van der Waals surface area contributed by atoms with Gasteiger partial charge in [-0.05, 0) is 24.0 Å². The van der Waals surface area contributed by atoms with Crippen LogP contribution in [0.1, 0.15) is 50.2 Å². The number of hydrogen-bond donors (Lipinski definition) is 3. The van der Waals surface area contributed by atoms with Crippen molar-refractivity contribution >= 4 is 30.3 Å². The summed E-state index contributed by atoms with van der Waals surface area (Å²) in [5.41, 5.74) is 6.56. The fourth-order valence-corrected chi connectivity index (χ4v) is 3.83. The van der Waals surface area contributed by atoms with E-state index in [9.17, 15) is 14.4 Å². The number of benzene rings is 1. The molecule has 1 atom stereocenters. The molecular formula is C20H29ClN4O3. The third-order valence-electron chi connectivity index (χ3n) is 5.65. The van der Waals surface area contributed by atoms with Gasteiger partial charge in [-0.25, -0.2) is 4.79 Å². The van der Waals surface area contributed by atoms with Crippen LogP contribution in [0.25, 0.3) is 0 Å². The molecule has 1 unspecified atom stereocenters. The second-order valence-electron chi connectivity index (χ2n) is 7.59. The summed E-state index contributed by atoms with van der Waals surface area (Å²) < 4.78 is 0. The van der Waals surface area contributed by atoms with Crippen molar-refractivity contribution in [2.75, 3.05) is 6.54 Å². The van der Waals surface area contributed by atoms with Crippen molar-refractivity contribution in [3.05, 3.63) is 35.4 Å². The van der Waals surface area contributed by atoms with E-state index in [-0.39, 0.29) is 49.3 Å². The zero-order valence-electron chi connectivity index (χ0n) is 16.2. The Kier molecular flexibility index (Phi) is 7.43.